The Morgan fingerprint density at radius 2 is 2.00 bits per heavy atom. The van der Waals surface area contributed by atoms with Gasteiger partial charge in [0.2, 0.25) is 0 Å². The van der Waals surface area contributed by atoms with Gasteiger partial charge in [-0.2, -0.15) is 5.10 Å². The summed E-state index contributed by atoms with van der Waals surface area (Å²) in [7, 11) is 0. The SMILES string of the molecule is C/C(=N/NC(=O)[C@@H](C)Oc1cc(C)ccc1Cl)c1ccc(-n2ccnc2)cc1. The van der Waals surface area contributed by atoms with Crippen molar-refractivity contribution < 1.29 is 9.53 Å². The van der Waals surface area contributed by atoms with Gasteiger partial charge in [0.1, 0.15) is 5.75 Å². The van der Waals surface area contributed by atoms with Crippen LogP contribution in [-0.2, 0) is 4.79 Å². The maximum atomic E-state index is 12.3. The Labute approximate surface area is 168 Å². The van der Waals surface area contributed by atoms with Crippen LogP contribution < -0.4 is 10.2 Å². The van der Waals surface area contributed by atoms with Crippen molar-refractivity contribution in [2.75, 3.05) is 0 Å². The van der Waals surface area contributed by atoms with Crippen molar-refractivity contribution in [3.63, 3.8) is 0 Å². The first-order chi connectivity index (χ1) is 13.4. The lowest BCUT2D eigenvalue weighted by Crippen LogP contribution is -2.34. The molecular weight excluding hydrogens is 376 g/mol. The zero-order valence-corrected chi connectivity index (χ0v) is 16.6. The lowest BCUT2D eigenvalue weighted by Gasteiger charge is -2.15. The molecule has 0 aliphatic rings. The molecule has 0 radical (unpaired) electrons. The number of halogens is 1. The van der Waals surface area contributed by atoms with Crippen LogP contribution in [0.25, 0.3) is 5.69 Å². The van der Waals surface area contributed by atoms with Crippen LogP contribution in [0, 0.1) is 6.92 Å². The van der Waals surface area contributed by atoms with Crippen LogP contribution in [-0.4, -0.2) is 27.3 Å². The number of nitrogens with zero attached hydrogens (tertiary/aromatic N) is 3. The highest BCUT2D eigenvalue weighted by Crippen LogP contribution is 2.26. The Hall–Kier alpha value is -3.12. The van der Waals surface area contributed by atoms with Crippen LogP contribution in [0.4, 0.5) is 0 Å². The van der Waals surface area contributed by atoms with Gasteiger partial charge in [-0.15, -0.1) is 0 Å². The Balaban J connectivity index is 1.62. The molecule has 1 aromatic heterocycles. The molecule has 0 bridgehead atoms. The van der Waals surface area contributed by atoms with E-state index in [0.29, 0.717) is 16.5 Å². The van der Waals surface area contributed by atoms with E-state index < -0.39 is 6.10 Å². The molecule has 28 heavy (non-hydrogen) atoms. The van der Waals surface area contributed by atoms with E-state index in [1.807, 2.05) is 54.9 Å². The molecule has 0 saturated carbocycles. The Kier molecular flexibility index (Phi) is 6.11. The van der Waals surface area contributed by atoms with Gasteiger partial charge < -0.3 is 9.30 Å². The second-order valence-corrected chi connectivity index (χ2v) is 6.79. The molecule has 6 nitrogen and oxygen atoms in total. The summed E-state index contributed by atoms with van der Waals surface area (Å²) in [5.41, 5.74) is 6.13. The highest BCUT2D eigenvalue weighted by atomic mass is 35.5. The van der Waals surface area contributed by atoms with Gasteiger partial charge in [-0.3, -0.25) is 4.79 Å². The molecule has 7 heteroatoms. The topological polar surface area (TPSA) is 68.5 Å². The molecule has 3 rings (SSSR count). The molecule has 3 aromatic rings. The third-order valence-electron chi connectivity index (χ3n) is 4.18. The largest absolute Gasteiger partial charge is 0.479 e. The van der Waals surface area contributed by atoms with Crippen molar-refractivity contribution in [2.45, 2.75) is 26.9 Å². The first kappa shape index (κ1) is 19.6. The fourth-order valence-electron chi connectivity index (χ4n) is 2.53. The summed E-state index contributed by atoms with van der Waals surface area (Å²) in [6.07, 6.45) is 4.60. The van der Waals surface area contributed by atoms with Crippen LogP contribution in [0.5, 0.6) is 5.75 Å². The molecule has 1 amide bonds. The van der Waals surface area contributed by atoms with Gasteiger partial charge in [-0.25, -0.2) is 10.4 Å². The number of imidazole rings is 1. The maximum absolute atomic E-state index is 12.3. The van der Waals surface area contributed by atoms with Gasteiger partial charge in [0.25, 0.3) is 5.91 Å². The molecule has 2 aromatic carbocycles. The molecule has 0 unspecified atom stereocenters. The summed E-state index contributed by atoms with van der Waals surface area (Å²) < 4.78 is 7.57. The molecule has 0 aliphatic heterocycles. The van der Waals surface area contributed by atoms with Crippen molar-refractivity contribution in [1.82, 2.24) is 15.0 Å². The van der Waals surface area contributed by atoms with E-state index in [-0.39, 0.29) is 5.91 Å². The van der Waals surface area contributed by atoms with E-state index in [1.165, 1.54) is 0 Å². The lowest BCUT2D eigenvalue weighted by atomic mass is 10.1. The van der Waals surface area contributed by atoms with Gasteiger partial charge in [0.15, 0.2) is 6.10 Å². The first-order valence-electron chi connectivity index (χ1n) is 8.80. The van der Waals surface area contributed by atoms with Crippen molar-refractivity contribution in [3.05, 3.63) is 77.3 Å². The third kappa shape index (κ3) is 4.78. The van der Waals surface area contributed by atoms with Gasteiger partial charge in [-0.1, -0.05) is 29.8 Å². The second kappa shape index (κ2) is 8.71. The fraction of sp³-hybridized carbons (Fsp3) is 0.190. The summed E-state index contributed by atoms with van der Waals surface area (Å²) in [5, 5.41) is 4.64. The zero-order chi connectivity index (χ0) is 20.1. The number of carbonyl (C=O) groups is 1. The predicted molar refractivity (Wildman–Crippen MR) is 110 cm³/mol. The summed E-state index contributed by atoms with van der Waals surface area (Å²) in [5.74, 6) is 0.118. The molecule has 0 spiro atoms. The van der Waals surface area contributed by atoms with E-state index in [1.54, 1.807) is 31.6 Å². The number of rotatable bonds is 6. The molecule has 0 fully saturated rings. The minimum absolute atomic E-state index is 0.355. The minimum atomic E-state index is -0.737. The molecular formula is C21H21ClN4O2. The average molecular weight is 397 g/mol. The summed E-state index contributed by atoms with van der Waals surface area (Å²) in [4.78, 5) is 16.3. The number of hydrazone groups is 1. The van der Waals surface area contributed by atoms with Crippen molar-refractivity contribution in [2.24, 2.45) is 5.10 Å². The normalized spacial score (nSPS) is 12.5. The number of hydrogen-bond donors (Lipinski definition) is 1. The number of aromatic nitrogens is 2. The second-order valence-electron chi connectivity index (χ2n) is 6.38. The van der Waals surface area contributed by atoms with E-state index in [0.717, 1.165) is 16.8 Å². The predicted octanol–water partition coefficient (Wildman–Crippen LogP) is 4.14. The first-order valence-corrected chi connectivity index (χ1v) is 9.17. The van der Waals surface area contributed by atoms with Crippen LogP contribution in [0.2, 0.25) is 5.02 Å². The molecule has 0 aliphatic carbocycles. The fourth-order valence-corrected chi connectivity index (χ4v) is 2.69. The minimum Gasteiger partial charge on any atom is -0.479 e. The third-order valence-corrected chi connectivity index (χ3v) is 4.49. The molecule has 1 N–H and O–H groups in total. The van der Waals surface area contributed by atoms with E-state index >= 15 is 0 Å². The van der Waals surface area contributed by atoms with Gasteiger partial charge in [0, 0.05) is 18.1 Å². The van der Waals surface area contributed by atoms with Gasteiger partial charge in [-0.05, 0) is 56.2 Å². The highest BCUT2D eigenvalue weighted by Gasteiger charge is 2.16. The molecule has 0 saturated heterocycles. The van der Waals surface area contributed by atoms with Crippen LogP contribution >= 0.6 is 11.6 Å². The number of nitrogens with one attached hydrogen (secondary N) is 1. The summed E-state index contributed by atoms with van der Waals surface area (Å²) >= 11 is 6.11. The van der Waals surface area contributed by atoms with E-state index in [9.17, 15) is 4.79 Å². The van der Waals surface area contributed by atoms with Crippen LogP contribution in [0.15, 0.2) is 66.3 Å². The van der Waals surface area contributed by atoms with Gasteiger partial charge in [0.05, 0.1) is 17.1 Å². The lowest BCUT2D eigenvalue weighted by molar-refractivity contribution is -0.127. The molecule has 1 heterocycles. The van der Waals surface area contributed by atoms with Crippen molar-refractivity contribution in [3.8, 4) is 11.4 Å². The number of aryl methyl sites for hydroxylation is 1. The Bertz CT molecular complexity index is 982. The zero-order valence-electron chi connectivity index (χ0n) is 15.9. The smallest absolute Gasteiger partial charge is 0.280 e. The average Bonchev–Trinajstić information content (AvgIpc) is 3.23. The molecule has 1 atom stereocenters. The van der Waals surface area contributed by atoms with E-state index in [4.69, 9.17) is 16.3 Å². The van der Waals surface area contributed by atoms with Crippen LogP contribution in [0.3, 0.4) is 0 Å². The number of ether oxygens (including phenoxy) is 1. The Morgan fingerprint density at radius 3 is 2.68 bits per heavy atom. The highest BCUT2D eigenvalue weighted by molar-refractivity contribution is 6.32. The van der Waals surface area contributed by atoms with Gasteiger partial charge >= 0.3 is 0 Å². The molecule has 144 valence electrons. The Morgan fingerprint density at radius 1 is 1.25 bits per heavy atom. The summed E-state index contributed by atoms with van der Waals surface area (Å²) in [6.45, 7) is 5.41. The number of amides is 1. The standard InChI is InChI=1S/C21H21ClN4O2/c1-14-4-9-19(22)20(12-14)28-16(3)21(27)25-24-15(2)17-5-7-18(8-6-17)26-11-10-23-13-26/h4-13,16H,1-3H3,(H,25,27)/b24-15-/t16-/m1/s1. The number of hydrogen-bond acceptors (Lipinski definition) is 4. The quantitative estimate of drug-likeness (QED) is 0.503. The monoisotopic (exact) mass is 396 g/mol. The number of carbonyl (C=O) groups excluding carboxylic acids is 1. The van der Waals surface area contributed by atoms with Crippen LogP contribution in [0.1, 0.15) is 25.0 Å². The summed E-state index contributed by atoms with van der Waals surface area (Å²) in [6, 6.07) is 13.2. The number of benzene rings is 2. The van der Waals surface area contributed by atoms with Crippen molar-refractivity contribution >= 4 is 23.2 Å². The van der Waals surface area contributed by atoms with E-state index in [2.05, 4.69) is 15.5 Å². The maximum Gasteiger partial charge on any atom is 0.280 e. The van der Waals surface area contributed by atoms with Crippen molar-refractivity contribution in [1.29, 1.82) is 0 Å².